The van der Waals surface area contributed by atoms with Crippen molar-refractivity contribution in [2.24, 2.45) is 0 Å². The monoisotopic (exact) mass is 300 g/mol. The lowest BCUT2D eigenvalue weighted by Crippen LogP contribution is -1.85. The Kier molecular flexibility index (Phi) is 3.31. The van der Waals surface area contributed by atoms with Crippen LogP contribution in [0.1, 0.15) is 0 Å². The summed E-state index contributed by atoms with van der Waals surface area (Å²) in [5.74, 6) is 1.76. The molecule has 3 nitrogen and oxygen atoms in total. The van der Waals surface area contributed by atoms with E-state index in [4.69, 9.17) is 4.74 Å². The van der Waals surface area contributed by atoms with E-state index < -0.39 is 0 Å². The zero-order valence-electron chi connectivity index (χ0n) is 12.8. The summed E-state index contributed by atoms with van der Waals surface area (Å²) >= 11 is 0. The van der Waals surface area contributed by atoms with Crippen molar-refractivity contribution in [3.63, 3.8) is 0 Å². The Hall–Kier alpha value is -3.07. The van der Waals surface area contributed by atoms with Gasteiger partial charge < -0.3 is 9.72 Å². The first-order chi connectivity index (χ1) is 11.3. The number of para-hydroxylation sites is 2. The minimum absolute atomic E-state index is 0.865. The van der Waals surface area contributed by atoms with Crippen LogP contribution in [0, 0.1) is 0 Å². The van der Waals surface area contributed by atoms with Crippen LogP contribution < -0.4 is 4.74 Å². The van der Waals surface area contributed by atoms with Gasteiger partial charge in [0.1, 0.15) is 11.6 Å². The zero-order valence-corrected chi connectivity index (χ0v) is 12.8. The van der Waals surface area contributed by atoms with Crippen molar-refractivity contribution in [1.29, 1.82) is 0 Å². The number of hydrogen-bond donors (Lipinski definition) is 1. The quantitative estimate of drug-likeness (QED) is 0.584. The number of hydrogen-bond acceptors (Lipinski definition) is 2. The molecule has 112 valence electrons. The van der Waals surface area contributed by atoms with Gasteiger partial charge in [0.25, 0.3) is 0 Å². The Labute approximate surface area is 134 Å². The van der Waals surface area contributed by atoms with Crippen molar-refractivity contribution in [1.82, 2.24) is 9.97 Å². The van der Waals surface area contributed by atoms with Crippen LogP contribution in [0.25, 0.3) is 33.5 Å². The van der Waals surface area contributed by atoms with Gasteiger partial charge in [0, 0.05) is 5.56 Å². The van der Waals surface area contributed by atoms with Gasteiger partial charge in [0.05, 0.1) is 18.1 Å². The molecule has 0 aliphatic heterocycles. The summed E-state index contributed by atoms with van der Waals surface area (Å²) in [6, 6.07) is 24.5. The van der Waals surface area contributed by atoms with Gasteiger partial charge in [-0.1, -0.05) is 48.5 Å². The largest absolute Gasteiger partial charge is 0.497 e. The van der Waals surface area contributed by atoms with E-state index in [2.05, 4.69) is 40.3 Å². The number of aromatic amines is 1. The molecule has 0 atom stereocenters. The minimum atomic E-state index is 0.865. The molecule has 3 aromatic carbocycles. The maximum Gasteiger partial charge on any atom is 0.138 e. The third kappa shape index (κ3) is 2.57. The predicted molar refractivity (Wildman–Crippen MR) is 93.5 cm³/mol. The fourth-order valence-corrected chi connectivity index (χ4v) is 2.71. The highest BCUT2D eigenvalue weighted by atomic mass is 16.5. The van der Waals surface area contributed by atoms with E-state index in [1.807, 2.05) is 42.5 Å². The zero-order chi connectivity index (χ0) is 15.6. The van der Waals surface area contributed by atoms with Gasteiger partial charge in [-0.05, 0) is 35.4 Å². The Bertz CT molecular complexity index is 922. The molecule has 4 rings (SSSR count). The summed E-state index contributed by atoms with van der Waals surface area (Å²) < 4.78 is 5.29. The van der Waals surface area contributed by atoms with E-state index in [1.54, 1.807) is 7.11 Å². The third-order valence-electron chi connectivity index (χ3n) is 3.95. The smallest absolute Gasteiger partial charge is 0.138 e. The average Bonchev–Trinajstić information content (AvgIpc) is 3.06. The number of benzene rings is 3. The number of imidazole rings is 1. The molecule has 0 saturated heterocycles. The molecule has 0 bridgehead atoms. The third-order valence-corrected chi connectivity index (χ3v) is 3.95. The number of rotatable bonds is 3. The molecule has 0 aliphatic carbocycles. The Morgan fingerprint density at radius 3 is 2.35 bits per heavy atom. The Morgan fingerprint density at radius 1 is 0.783 bits per heavy atom. The molecule has 0 amide bonds. The Morgan fingerprint density at radius 2 is 1.57 bits per heavy atom. The summed E-state index contributed by atoms with van der Waals surface area (Å²) in [6.07, 6.45) is 0. The van der Waals surface area contributed by atoms with Gasteiger partial charge in [-0.2, -0.15) is 0 Å². The minimum Gasteiger partial charge on any atom is -0.497 e. The van der Waals surface area contributed by atoms with Crippen LogP contribution in [-0.4, -0.2) is 17.1 Å². The van der Waals surface area contributed by atoms with Crippen LogP contribution in [0.4, 0.5) is 0 Å². The van der Waals surface area contributed by atoms with E-state index in [-0.39, 0.29) is 0 Å². The maximum absolute atomic E-state index is 5.29. The topological polar surface area (TPSA) is 37.9 Å². The van der Waals surface area contributed by atoms with Crippen molar-refractivity contribution in [3.8, 4) is 28.3 Å². The number of ether oxygens (including phenoxy) is 1. The summed E-state index contributed by atoms with van der Waals surface area (Å²) in [5, 5.41) is 0. The molecule has 3 heteroatoms. The fraction of sp³-hybridized carbons (Fsp3) is 0.0500. The molecule has 0 aliphatic rings. The first-order valence-corrected chi connectivity index (χ1v) is 7.53. The van der Waals surface area contributed by atoms with Crippen LogP contribution in [-0.2, 0) is 0 Å². The number of nitrogens with one attached hydrogen (secondary N) is 1. The standard InChI is InChI=1S/C20H16N2O/c1-23-17-6-4-5-16(13-17)14-9-11-15(12-10-14)20-21-18-7-2-3-8-19(18)22-20/h2-13H,1H3,(H,21,22). The van der Waals surface area contributed by atoms with Crippen LogP contribution in [0.5, 0.6) is 5.75 Å². The van der Waals surface area contributed by atoms with Gasteiger partial charge in [0.2, 0.25) is 0 Å². The second kappa shape index (κ2) is 5.61. The van der Waals surface area contributed by atoms with Gasteiger partial charge in [-0.3, -0.25) is 0 Å². The van der Waals surface area contributed by atoms with Gasteiger partial charge in [-0.15, -0.1) is 0 Å². The number of nitrogens with zero attached hydrogens (tertiary/aromatic N) is 1. The lowest BCUT2D eigenvalue weighted by molar-refractivity contribution is 0.415. The number of aromatic nitrogens is 2. The van der Waals surface area contributed by atoms with Crippen LogP contribution >= 0.6 is 0 Å². The van der Waals surface area contributed by atoms with Crippen LogP contribution in [0.2, 0.25) is 0 Å². The second-order valence-corrected chi connectivity index (χ2v) is 5.41. The molecular formula is C20H16N2O. The van der Waals surface area contributed by atoms with Gasteiger partial charge in [0.15, 0.2) is 0 Å². The van der Waals surface area contributed by atoms with Crippen molar-refractivity contribution >= 4 is 11.0 Å². The normalized spacial score (nSPS) is 10.8. The molecule has 23 heavy (non-hydrogen) atoms. The molecule has 1 heterocycles. The summed E-state index contributed by atoms with van der Waals surface area (Å²) in [4.78, 5) is 8.00. The molecule has 1 N–H and O–H groups in total. The summed E-state index contributed by atoms with van der Waals surface area (Å²) in [6.45, 7) is 0. The Balaban J connectivity index is 1.69. The van der Waals surface area contributed by atoms with Gasteiger partial charge in [-0.25, -0.2) is 4.98 Å². The SMILES string of the molecule is COc1cccc(-c2ccc(-c3nc4ccccc4[nH]3)cc2)c1. The lowest BCUT2D eigenvalue weighted by atomic mass is 10.0. The predicted octanol–water partition coefficient (Wildman–Crippen LogP) is 4.91. The first kappa shape index (κ1) is 13.6. The number of H-pyrrole nitrogens is 1. The van der Waals surface area contributed by atoms with Crippen LogP contribution in [0.15, 0.2) is 72.8 Å². The van der Waals surface area contributed by atoms with Crippen LogP contribution in [0.3, 0.4) is 0 Å². The highest BCUT2D eigenvalue weighted by Crippen LogP contribution is 2.27. The lowest BCUT2D eigenvalue weighted by Gasteiger charge is -2.05. The van der Waals surface area contributed by atoms with E-state index in [9.17, 15) is 0 Å². The molecule has 0 radical (unpaired) electrons. The van der Waals surface area contributed by atoms with Gasteiger partial charge >= 0.3 is 0 Å². The molecule has 0 saturated carbocycles. The molecule has 4 aromatic rings. The van der Waals surface area contributed by atoms with Crippen molar-refractivity contribution in [2.75, 3.05) is 7.11 Å². The molecule has 0 unspecified atom stereocenters. The van der Waals surface area contributed by atoms with E-state index >= 15 is 0 Å². The summed E-state index contributed by atoms with van der Waals surface area (Å²) in [5.41, 5.74) is 5.41. The molecule has 0 spiro atoms. The van der Waals surface area contributed by atoms with Crippen molar-refractivity contribution in [2.45, 2.75) is 0 Å². The van der Waals surface area contributed by atoms with E-state index in [0.29, 0.717) is 0 Å². The molecule has 1 aromatic heterocycles. The van der Waals surface area contributed by atoms with E-state index in [0.717, 1.165) is 39.3 Å². The summed E-state index contributed by atoms with van der Waals surface area (Å²) in [7, 11) is 1.68. The highest BCUT2D eigenvalue weighted by Gasteiger charge is 2.05. The molecular weight excluding hydrogens is 284 g/mol. The fourth-order valence-electron chi connectivity index (χ4n) is 2.71. The van der Waals surface area contributed by atoms with Crippen molar-refractivity contribution < 1.29 is 4.74 Å². The van der Waals surface area contributed by atoms with E-state index in [1.165, 1.54) is 0 Å². The molecule has 0 fully saturated rings. The number of methoxy groups -OCH3 is 1. The first-order valence-electron chi connectivity index (χ1n) is 7.53. The maximum atomic E-state index is 5.29. The van der Waals surface area contributed by atoms with Crippen molar-refractivity contribution in [3.05, 3.63) is 72.8 Å². The highest BCUT2D eigenvalue weighted by molar-refractivity contribution is 5.79. The number of fused-ring (bicyclic) bond motifs is 1. The second-order valence-electron chi connectivity index (χ2n) is 5.41. The average molecular weight is 300 g/mol.